The molecule has 100 valence electrons. The third-order valence-electron chi connectivity index (χ3n) is 2.79. The predicted octanol–water partition coefficient (Wildman–Crippen LogP) is 2.67. The van der Waals surface area contributed by atoms with Crippen LogP contribution in [0.3, 0.4) is 0 Å². The zero-order valence-electron chi connectivity index (χ0n) is 10.4. The Bertz CT molecular complexity index is 589. The van der Waals surface area contributed by atoms with E-state index < -0.39 is 5.82 Å². The molecule has 0 aliphatic heterocycles. The van der Waals surface area contributed by atoms with Crippen molar-refractivity contribution in [1.82, 2.24) is 4.98 Å². The Kier molecular flexibility index (Phi) is 3.76. The number of hydrogen-bond acceptors (Lipinski definition) is 4. The minimum Gasteiger partial charge on any atom is -0.397 e. The number of benzene rings is 1. The van der Waals surface area contributed by atoms with Gasteiger partial charge in [-0.2, -0.15) is 0 Å². The van der Waals surface area contributed by atoms with Crippen molar-refractivity contribution in [3.8, 4) is 0 Å². The summed E-state index contributed by atoms with van der Waals surface area (Å²) in [5.74, 6) is -0.601. The van der Waals surface area contributed by atoms with E-state index in [0.29, 0.717) is 6.54 Å². The van der Waals surface area contributed by atoms with Gasteiger partial charge >= 0.3 is 0 Å². The lowest BCUT2D eigenvalue weighted by Crippen LogP contribution is -2.19. The Labute approximate surface area is 115 Å². The zero-order valence-corrected chi connectivity index (χ0v) is 11.2. The summed E-state index contributed by atoms with van der Waals surface area (Å²) in [4.78, 5) is 5.62. The van der Waals surface area contributed by atoms with E-state index in [1.165, 1.54) is 6.07 Å². The van der Waals surface area contributed by atoms with Crippen molar-refractivity contribution in [1.29, 1.82) is 0 Å². The van der Waals surface area contributed by atoms with E-state index in [2.05, 4.69) is 4.98 Å². The minimum absolute atomic E-state index is 0.106. The molecule has 2 rings (SSSR count). The maximum absolute atomic E-state index is 14.1. The summed E-state index contributed by atoms with van der Waals surface area (Å²) in [5.41, 5.74) is 13.0. The van der Waals surface area contributed by atoms with E-state index in [4.69, 9.17) is 23.1 Å². The van der Waals surface area contributed by atoms with Gasteiger partial charge in [-0.1, -0.05) is 11.6 Å². The standard InChI is InChI=1S/C13H14ClFN4/c1-19(7-8-2-4-18-5-3-8)13-10(17)6-9(16)11(14)12(13)15/h2-6H,7,16-17H2,1H3. The van der Waals surface area contributed by atoms with E-state index in [1.54, 1.807) is 24.3 Å². The van der Waals surface area contributed by atoms with Gasteiger partial charge < -0.3 is 16.4 Å². The van der Waals surface area contributed by atoms with Crippen molar-refractivity contribution in [2.45, 2.75) is 6.54 Å². The topological polar surface area (TPSA) is 68.2 Å². The Balaban J connectivity index is 2.34. The molecule has 1 heterocycles. The monoisotopic (exact) mass is 280 g/mol. The summed E-state index contributed by atoms with van der Waals surface area (Å²) < 4.78 is 14.1. The van der Waals surface area contributed by atoms with Crippen LogP contribution >= 0.6 is 11.6 Å². The van der Waals surface area contributed by atoms with Crippen LogP contribution in [0.5, 0.6) is 0 Å². The highest BCUT2D eigenvalue weighted by Gasteiger charge is 2.17. The molecule has 0 aliphatic carbocycles. The van der Waals surface area contributed by atoms with Gasteiger partial charge in [0.15, 0.2) is 5.82 Å². The average Bonchev–Trinajstić information content (AvgIpc) is 2.37. The van der Waals surface area contributed by atoms with Gasteiger partial charge in [-0.05, 0) is 23.8 Å². The first kappa shape index (κ1) is 13.4. The van der Waals surface area contributed by atoms with Gasteiger partial charge in [-0.3, -0.25) is 4.98 Å². The quantitative estimate of drug-likeness (QED) is 0.848. The molecule has 0 aliphatic rings. The number of nitrogens with two attached hydrogens (primary N) is 2. The molecule has 4 N–H and O–H groups in total. The Morgan fingerprint density at radius 3 is 2.53 bits per heavy atom. The molecule has 0 saturated heterocycles. The highest BCUT2D eigenvalue weighted by Crippen LogP contribution is 2.36. The molecular weight excluding hydrogens is 267 g/mol. The maximum Gasteiger partial charge on any atom is 0.169 e. The lowest BCUT2D eigenvalue weighted by atomic mass is 10.2. The molecule has 0 bridgehead atoms. The molecule has 0 spiro atoms. The number of anilines is 3. The minimum atomic E-state index is -0.601. The fourth-order valence-corrected chi connectivity index (χ4v) is 2.03. The third-order valence-corrected chi connectivity index (χ3v) is 3.17. The van der Waals surface area contributed by atoms with Crippen molar-refractivity contribution in [2.75, 3.05) is 23.4 Å². The summed E-state index contributed by atoms with van der Waals surface area (Å²) >= 11 is 5.81. The van der Waals surface area contributed by atoms with Crippen LogP contribution in [-0.2, 0) is 6.54 Å². The number of aromatic nitrogens is 1. The molecule has 2 aromatic rings. The van der Waals surface area contributed by atoms with E-state index >= 15 is 0 Å². The normalized spacial score (nSPS) is 10.5. The van der Waals surface area contributed by atoms with Gasteiger partial charge in [-0.15, -0.1) is 0 Å². The van der Waals surface area contributed by atoms with Crippen molar-refractivity contribution in [2.24, 2.45) is 0 Å². The molecule has 0 atom stereocenters. The lowest BCUT2D eigenvalue weighted by molar-refractivity contribution is 0.624. The van der Waals surface area contributed by atoms with Crippen LogP contribution in [-0.4, -0.2) is 12.0 Å². The second-order valence-electron chi connectivity index (χ2n) is 4.24. The maximum atomic E-state index is 14.1. The average molecular weight is 281 g/mol. The molecule has 0 amide bonds. The van der Waals surface area contributed by atoms with Crippen molar-refractivity contribution in [3.63, 3.8) is 0 Å². The van der Waals surface area contributed by atoms with Crippen molar-refractivity contribution < 1.29 is 4.39 Å². The van der Waals surface area contributed by atoms with Crippen LogP contribution in [0.25, 0.3) is 0 Å². The van der Waals surface area contributed by atoms with Crippen LogP contribution in [0.4, 0.5) is 21.5 Å². The van der Waals surface area contributed by atoms with Gasteiger partial charge in [0.05, 0.1) is 17.1 Å². The molecule has 19 heavy (non-hydrogen) atoms. The SMILES string of the molecule is CN(Cc1ccncc1)c1c(N)cc(N)c(Cl)c1F. The smallest absolute Gasteiger partial charge is 0.169 e. The first-order valence-electron chi connectivity index (χ1n) is 5.63. The first-order valence-corrected chi connectivity index (χ1v) is 6.01. The first-order chi connectivity index (χ1) is 9.00. The van der Waals surface area contributed by atoms with E-state index in [0.717, 1.165) is 5.56 Å². The summed E-state index contributed by atoms with van der Waals surface area (Å²) in [5, 5.41) is -0.106. The Morgan fingerprint density at radius 1 is 1.26 bits per heavy atom. The highest BCUT2D eigenvalue weighted by molar-refractivity contribution is 6.33. The van der Waals surface area contributed by atoms with Crippen LogP contribution in [0.1, 0.15) is 5.56 Å². The number of nitrogen functional groups attached to an aromatic ring is 2. The Morgan fingerprint density at radius 2 is 1.89 bits per heavy atom. The van der Waals surface area contributed by atoms with E-state index in [1.807, 2.05) is 12.1 Å². The van der Waals surface area contributed by atoms with Crippen molar-refractivity contribution in [3.05, 3.63) is 47.0 Å². The number of pyridine rings is 1. The molecule has 0 fully saturated rings. The lowest BCUT2D eigenvalue weighted by Gasteiger charge is -2.22. The molecule has 6 heteroatoms. The second-order valence-corrected chi connectivity index (χ2v) is 4.62. The number of rotatable bonds is 3. The molecule has 0 saturated carbocycles. The van der Waals surface area contributed by atoms with Gasteiger partial charge in [0, 0.05) is 26.0 Å². The van der Waals surface area contributed by atoms with Crippen LogP contribution < -0.4 is 16.4 Å². The number of hydrogen-bond donors (Lipinski definition) is 2. The second kappa shape index (κ2) is 5.32. The van der Waals surface area contributed by atoms with Crippen LogP contribution in [0.15, 0.2) is 30.6 Å². The summed E-state index contributed by atoms with van der Waals surface area (Å²) in [6.45, 7) is 0.490. The molecule has 1 aromatic heterocycles. The fourth-order valence-electron chi connectivity index (χ4n) is 1.89. The third kappa shape index (κ3) is 2.71. The number of nitrogens with zero attached hydrogens (tertiary/aromatic N) is 2. The molecular formula is C13H14ClFN4. The molecule has 1 aromatic carbocycles. The molecule has 0 unspecified atom stereocenters. The van der Waals surface area contributed by atoms with Crippen LogP contribution in [0, 0.1) is 5.82 Å². The van der Waals surface area contributed by atoms with Gasteiger partial charge in [0.2, 0.25) is 0 Å². The van der Waals surface area contributed by atoms with Gasteiger partial charge in [0.1, 0.15) is 5.02 Å². The molecule has 0 radical (unpaired) electrons. The van der Waals surface area contributed by atoms with E-state index in [-0.39, 0.29) is 22.1 Å². The summed E-state index contributed by atoms with van der Waals surface area (Å²) in [7, 11) is 1.74. The van der Waals surface area contributed by atoms with Crippen LogP contribution in [0.2, 0.25) is 5.02 Å². The highest BCUT2D eigenvalue weighted by atomic mass is 35.5. The number of halogens is 2. The summed E-state index contributed by atoms with van der Waals surface area (Å²) in [6.07, 6.45) is 3.36. The van der Waals surface area contributed by atoms with Crippen molar-refractivity contribution >= 4 is 28.7 Å². The van der Waals surface area contributed by atoms with Gasteiger partial charge in [0.25, 0.3) is 0 Å². The fraction of sp³-hybridized carbons (Fsp3) is 0.154. The zero-order chi connectivity index (χ0) is 14.0. The molecule has 4 nitrogen and oxygen atoms in total. The Hall–Kier alpha value is -2.01. The van der Waals surface area contributed by atoms with E-state index in [9.17, 15) is 4.39 Å². The van der Waals surface area contributed by atoms with Gasteiger partial charge in [-0.25, -0.2) is 4.39 Å². The predicted molar refractivity (Wildman–Crippen MR) is 76.6 cm³/mol. The summed E-state index contributed by atoms with van der Waals surface area (Å²) in [6, 6.07) is 5.16. The largest absolute Gasteiger partial charge is 0.397 e.